The summed E-state index contributed by atoms with van der Waals surface area (Å²) in [6.45, 7) is 5.82. The van der Waals surface area contributed by atoms with Gasteiger partial charge in [-0.15, -0.1) is 0 Å². The van der Waals surface area contributed by atoms with Gasteiger partial charge in [-0.3, -0.25) is 10.1 Å². The molecule has 1 amide bonds. The first-order valence-corrected chi connectivity index (χ1v) is 8.13. The number of likely N-dealkylation sites (N-methyl/N-ethyl adjacent to an activating group) is 1. The Labute approximate surface area is 147 Å². The second kappa shape index (κ2) is 9.75. The molecule has 23 heavy (non-hydrogen) atoms. The van der Waals surface area contributed by atoms with E-state index < -0.39 is 0 Å². The number of carbonyl (C=O) groups excluding carboxylic acids is 1. The molecule has 7 heteroatoms. The fraction of sp³-hybridized carbons (Fsp3) is 0.500. The van der Waals surface area contributed by atoms with Gasteiger partial charge in [0.25, 0.3) is 11.9 Å². The van der Waals surface area contributed by atoms with Crippen molar-refractivity contribution in [2.24, 2.45) is 10.9 Å². The maximum Gasteiger partial charge on any atom is 0.291 e. The van der Waals surface area contributed by atoms with Crippen molar-refractivity contribution in [3.63, 3.8) is 0 Å². The molecule has 1 aromatic rings. The molecule has 0 fully saturated rings. The molecule has 0 radical (unpaired) electrons. The van der Waals surface area contributed by atoms with Gasteiger partial charge in [-0.1, -0.05) is 37.0 Å². The molecule has 1 N–H and O–H groups in total. The molecule has 0 saturated heterocycles. The molecule has 128 valence electrons. The van der Waals surface area contributed by atoms with Crippen LogP contribution in [0.25, 0.3) is 0 Å². The topological polar surface area (TPSA) is 53.9 Å². The molecule has 0 aliphatic heterocycles. The van der Waals surface area contributed by atoms with Crippen LogP contribution in [-0.4, -0.2) is 50.6 Å². The smallest absolute Gasteiger partial charge is 0.291 e. The zero-order valence-electron chi connectivity index (χ0n) is 13.9. The minimum absolute atomic E-state index is 0.219. The Balaban J connectivity index is 2.77. The molecular weight excluding hydrogens is 337 g/mol. The van der Waals surface area contributed by atoms with Crippen LogP contribution in [0.1, 0.15) is 24.2 Å². The van der Waals surface area contributed by atoms with Crippen LogP contribution in [0.2, 0.25) is 10.0 Å². The summed E-state index contributed by atoms with van der Waals surface area (Å²) in [7, 11) is 3.91. The van der Waals surface area contributed by atoms with E-state index in [0.717, 1.165) is 6.54 Å². The summed E-state index contributed by atoms with van der Waals surface area (Å²) >= 11 is 11.8. The van der Waals surface area contributed by atoms with E-state index in [0.29, 0.717) is 34.7 Å². The summed E-state index contributed by atoms with van der Waals surface area (Å²) in [6, 6.07) is 4.91. The minimum Gasteiger partial charge on any atom is -0.465 e. The minimum atomic E-state index is -0.337. The second-order valence-corrected chi connectivity index (χ2v) is 6.59. The molecule has 0 aromatic heterocycles. The molecule has 1 rings (SSSR count). The second-order valence-electron chi connectivity index (χ2n) is 5.78. The van der Waals surface area contributed by atoms with Gasteiger partial charge < -0.3 is 9.64 Å². The predicted molar refractivity (Wildman–Crippen MR) is 95.6 cm³/mol. The zero-order valence-corrected chi connectivity index (χ0v) is 15.4. The summed E-state index contributed by atoms with van der Waals surface area (Å²) in [5.74, 6) is -0.00754. The quantitative estimate of drug-likeness (QED) is 0.626. The Morgan fingerprint density at radius 1 is 1.30 bits per heavy atom. The Kier molecular flexibility index (Phi) is 8.37. The summed E-state index contributed by atoms with van der Waals surface area (Å²) in [5.41, 5.74) is 0.396. The number of rotatable bonds is 6. The van der Waals surface area contributed by atoms with Crippen LogP contribution < -0.4 is 5.32 Å². The van der Waals surface area contributed by atoms with Gasteiger partial charge in [-0.25, -0.2) is 4.99 Å². The summed E-state index contributed by atoms with van der Waals surface area (Å²) in [5, 5.41) is 3.41. The number of ether oxygens (including phenoxy) is 1. The Hall–Kier alpha value is -1.30. The highest BCUT2D eigenvalue weighted by Gasteiger charge is 2.12. The number of carbonyl (C=O) groups is 1. The van der Waals surface area contributed by atoms with Crippen molar-refractivity contribution in [1.82, 2.24) is 10.2 Å². The number of aliphatic imine (C=N–C) groups is 1. The van der Waals surface area contributed by atoms with Gasteiger partial charge in [0.2, 0.25) is 0 Å². The molecule has 0 aliphatic rings. The third-order valence-corrected chi connectivity index (χ3v) is 3.50. The molecule has 0 heterocycles. The fourth-order valence-electron chi connectivity index (χ4n) is 1.53. The summed E-state index contributed by atoms with van der Waals surface area (Å²) in [6.07, 6.45) is 0. The van der Waals surface area contributed by atoms with Crippen molar-refractivity contribution >= 4 is 35.1 Å². The first kappa shape index (κ1) is 19.7. The van der Waals surface area contributed by atoms with Crippen LogP contribution in [0.4, 0.5) is 0 Å². The third kappa shape index (κ3) is 7.68. The van der Waals surface area contributed by atoms with E-state index in [-0.39, 0.29) is 11.9 Å². The fourth-order valence-corrected chi connectivity index (χ4v) is 1.82. The van der Waals surface area contributed by atoms with E-state index in [1.54, 1.807) is 12.1 Å². The van der Waals surface area contributed by atoms with Gasteiger partial charge in [0.1, 0.15) is 0 Å². The standard InChI is InChI=1S/C16H23Cl2N3O2/c1-11(2)10-23-16(19-7-8-21(3)4)20-15(22)12-5-6-13(17)14(18)9-12/h5-6,9,11H,7-8,10H2,1-4H3,(H,19,20,22). The van der Waals surface area contributed by atoms with Crippen LogP contribution in [-0.2, 0) is 4.74 Å². The van der Waals surface area contributed by atoms with Crippen LogP contribution in [0.15, 0.2) is 23.2 Å². The van der Waals surface area contributed by atoms with Gasteiger partial charge in [0.05, 0.1) is 23.2 Å². The lowest BCUT2D eigenvalue weighted by Crippen LogP contribution is -2.34. The van der Waals surface area contributed by atoms with Crippen molar-refractivity contribution in [3.8, 4) is 0 Å². The molecule has 0 spiro atoms. The lowest BCUT2D eigenvalue weighted by atomic mass is 10.2. The number of amides is 1. The van der Waals surface area contributed by atoms with E-state index in [2.05, 4.69) is 10.3 Å². The Morgan fingerprint density at radius 3 is 2.57 bits per heavy atom. The third-order valence-electron chi connectivity index (χ3n) is 2.76. The highest BCUT2D eigenvalue weighted by Crippen LogP contribution is 2.22. The number of amidine groups is 1. The molecular formula is C16H23Cl2N3O2. The van der Waals surface area contributed by atoms with Gasteiger partial charge >= 0.3 is 0 Å². The first-order valence-electron chi connectivity index (χ1n) is 7.38. The number of nitrogens with one attached hydrogen (secondary N) is 1. The Bertz CT molecular complexity index is 560. The number of nitrogens with zero attached hydrogens (tertiary/aromatic N) is 2. The number of hydrogen-bond acceptors (Lipinski definition) is 4. The van der Waals surface area contributed by atoms with Gasteiger partial charge in [0, 0.05) is 12.1 Å². The molecule has 0 unspecified atom stereocenters. The summed E-state index contributed by atoms with van der Waals surface area (Å²) < 4.78 is 5.57. The monoisotopic (exact) mass is 359 g/mol. The summed E-state index contributed by atoms with van der Waals surface area (Å²) in [4.78, 5) is 18.6. The van der Waals surface area contributed by atoms with E-state index >= 15 is 0 Å². The maximum atomic E-state index is 12.3. The molecule has 0 atom stereocenters. The number of benzene rings is 1. The highest BCUT2D eigenvalue weighted by molar-refractivity contribution is 6.42. The molecule has 0 bridgehead atoms. The van der Waals surface area contributed by atoms with Crippen LogP contribution in [0, 0.1) is 5.92 Å². The van der Waals surface area contributed by atoms with E-state index in [4.69, 9.17) is 27.9 Å². The lowest BCUT2D eigenvalue weighted by Gasteiger charge is -2.13. The zero-order chi connectivity index (χ0) is 17.4. The number of hydrogen-bond donors (Lipinski definition) is 1. The van der Waals surface area contributed by atoms with Crippen LogP contribution in [0.5, 0.6) is 0 Å². The van der Waals surface area contributed by atoms with Crippen molar-refractivity contribution < 1.29 is 9.53 Å². The molecule has 5 nitrogen and oxygen atoms in total. The van der Waals surface area contributed by atoms with Gasteiger partial charge in [0.15, 0.2) is 0 Å². The SMILES string of the molecule is CC(C)COC(=NCCN(C)C)NC(=O)c1ccc(Cl)c(Cl)c1. The largest absolute Gasteiger partial charge is 0.465 e. The lowest BCUT2D eigenvalue weighted by molar-refractivity contribution is 0.0963. The molecule has 0 saturated carbocycles. The molecule has 0 aliphatic carbocycles. The van der Waals surface area contributed by atoms with E-state index in [1.165, 1.54) is 6.07 Å². The predicted octanol–water partition coefficient (Wildman–Crippen LogP) is 3.31. The highest BCUT2D eigenvalue weighted by atomic mass is 35.5. The van der Waals surface area contributed by atoms with Gasteiger partial charge in [-0.2, -0.15) is 0 Å². The number of halogens is 2. The van der Waals surface area contributed by atoms with Crippen molar-refractivity contribution in [2.45, 2.75) is 13.8 Å². The van der Waals surface area contributed by atoms with Crippen molar-refractivity contribution in [3.05, 3.63) is 33.8 Å². The van der Waals surface area contributed by atoms with Crippen molar-refractivity contribution in [2.75, 3.05) is 33.8 Å². The first-order chi connectivity index (χ1) is 10.8. The Morgan fingerprint density at radius 2 is 2.00 bits per heavy atom. The average molecular weight is 360 g/mol. The van der Waals surface area contributed by atoms with E-state index in [9.17, 15) is 4.79 Å². The maximum absolute atomic E-state index is 12.3. The normalized spacial score (nSPS) is 11.9. The average Bonchev–Trinajstić information content (AvgIpc) is 2.46. The molecule has 1 aromatic carbocycles. The van der Waals surface area contributed by atoms with Gasteiger partial charge in [-0.05, 0) is 38.2 Å². The van der Waals surface area contributed by atoms with E-state index in [1.807, 2.05) is 32.8 Å². The van der Waals surface area contributed by atoms with Crippen LogP contribution >= 0.6 is 23.2 Å². The van der Waals surface area contributed by atoms with Crippen molar-refractivity contribution in [1.29, 1.82) is 0 Å². The van der Waals surface area contributed by atoms with Crippen LogP contribution in [0.3, 0.4) is 0 Å².